The molecule has 0 fully saturated rings. The highest BCUT2D eigenvalue weighted by atomic mass is 35.5. The van der Waals surface area contributed by atoms with Gasteiger partial charge < -0.3 is 4.74 Å². The van der Waals surface area contributed by atoms with Crippen LogP contribution in [0.4, 0.5) is 0 Å². The molecule has 134 valence electrons. The fourth-order valence-corrected chi connectivity index (χ4v) is 3.78. The van der Waals surface area contributed by atoms with Crippen LogP contribution in [0.2, 0.25) is 5.02 Å². The summed E-state index contributed by atoms with van der Waals surface area (Å²) in [7, 11) is -0.952. The first-order chi connectivity index (χ1) is 11.8. The fraction of sp³-hybridized carbons (Fsp3) is 0.235. The van der Waals surface area contributed by atoms with E-state index in [2.05, 4.69) is 0 Å². The maximum absolute atomic E-state index is 12.3. The lowest BCUT2D eigenvalue weighted by Gasteiger charge is -2.13. The van der Waals surface area contributed by atoms with Crippen LogP contribution in [-0.2, 0) is 21.4 Å². The summed E-state index contributed by atoms with van der Waals surface area (Å²) < 4.78 is 30.8. The predicted octanol–water partition coefficient (Wildman–Crippen LogP) is 3.67. The zero-order valence-electron chi connectivity index (χ0n) is 14.0. The van der Waals surface area contributed by atoms with Crippen molar-refractivity contribution in [2.24, 2.45) is 0 Å². The summed E-state index contributed by atoms with van der Waals surface area (Å²) in [5.41, 5.74) is 0.979. The van der Waals surface area contributed by atoms with Gasteiger partial charge in [-0.15, -0.1) is 11.8 Å². The summed E-state index contributed by atoms with van der Waals surface area (Å²) in [5, 5.41) is 0.0536. The van der Waals surface area contributed by atoms with Gasteiger partial charge in [-0.05, 0) is 42.2 Å². The molecule has 0 radical (unpaired) electrons. The minimum Gasteiger partial charge on any atom is -0.457 e. The molecule has 0 atom stereocenters. The highest BCUT2D eigenvalue weighted by Gasteiger charge is 2.22. The van der Waals surface area contributed by atoms with Crippen molar-refractivity contribution in [3.05, 3.63) is 58.6 Å². The molecule has 0 amide bonds. The summed E-state index contributed by atoms with van der Waals surface area (Å²) in [5.74, 6) is -0.610. The van der Waals surface area contributed by atoms with Gasteiger partial charge in [-0.3, -0.25) is 0 Å². The number of esters is 1. The van der Waals surface area contributed by atoms with Crippen molar-refractivity contribution < 1.29 is 17.9 Å². The van der Waals surface area contributed by atoms with Crippen molar-refractivity contribution in [1.29, 1.82) is 0 Å². The molecule has 0 N–H and O–H groups in total. The molecule has 0 spiro atoms. The zero-order valence-corrected chi connectivity index (χ0v) is 16.4. The third-order valence-electron chi connectivity index (χ3n) is 3.45. The molecule has 0 saturated carbocycles. The number of rotatable bonds is 6. The van der Waals surface area contributed by atoms with Gasteiger partial charge in [0.2, 0.25) is 10.0 Å². The normalized spacial score (nSPS) is 11.6. The summed E-state index contributed by atoms with van der Waals surface area (Å²) in [4.78, 5) is 13.2. The first-order valence-corrected chi connectivity index (χ1v) is 10.3. The number of ether oxygens (including phenoxy) is 1. The number of halogens is 1. The third-order valence-corrected chi connectivity index (χ3v) is 6.49. The molecule has 8 heteroatoms. The van der Waals surface area contributed by atoms with E-state index in [1.54, 1.807) is 11.8 Å². The highest BCUT2D eigenvalue weighted by Crippen LogP contribution is 2.25. The van der Waals surface area contributed by atoms with Gasteiger partial charge in [0.25, 0.3) is 0 Å². The summed E-state index contributed by atoms with van der Waals surface area (Å²) in [6, 6.07) is 11.7. The SMILES string of the molecule is CSc1ccc(COC(=O)c2ccc(Cl)c(S(=O)(=O)N(C)C)c2)cc1. The lowest BCUT2D eigenvalue weighted by Crippen LogP contribution is -2.23. The van der Waals surface area contributed by atoms with Crippen molar-refractivity contribution in [2.45, 2.75) is 16.4 Å². The van der Waals surface area contributed by atoms with Crippen molar-refractivity contribution in [1.82, 2.24) is 4.31 Å². The molecule has 0 aliphatic heterocycles. The molecule has 2 rings (SSSR count). The monoisotopic (exact) mass is 399 g/mol. The number of carbonyl (C=O) groups is 1. The molecule has 2 aromatic rings. The van der Waals surface area contributed by atoms with Crippen molar-refractivity contribution >= 4 is 39.4 Å². The van der Waals surface area contributed by atoms with Crippen LogP contribution in [0.5, 0.6) is 0 Å². The van der Waals surface area contributed by atoms with Crippen LogP contribution in [0.3, 0.4) is 0 Å². The van der Waals surface area contributed by atoms with Gasteiger partial charge in [-0.25, -0.2) is 17.5 Å². The number of thioether (sulfide) groups is 1. The number of hydrogen-bond acceptors (Lipinski definition) is 5. The average Bonchev–Trinajstić information content (AvgIpc) is 2.60. The van der Waals surface area contributed by atoms with E-state index in [-0.39, 0.29) is 22.1 Å². The van der Waals surface area contributed by atoms with E-state index in [4.69, 9.17) is 16.3 Å². The molecular formula is C17H18ClNO4S2. The second kappa shape index (κ2) is 8.23. The van der Waals surface area contributed by atoms with Crippen molar-refractivity contribution in [3.8, 4) is 0 Å². The van der Waals surface area contributed by atoms with Crippen LogP contribution in [0.1, 0.15) is 15.9 Å². The maximum atomic E-state index is 12.3. The zero-order chi connectivity index (χ0) is 18.6. The molecule has 0 heterocycles. The Morgan fingerprint density at radius 2 is 1.80 bits per heavy atom. The van der Waals surface area contributed by atoms with E-state index in [0.29, 0.717) is 0 Å². The lowest BCUT2D eigenvalue weighted by atomic mass is 10.2. The topological polar surface area (TPSA) is 63.7 Å². The predicted molar refractivity (Wildman–Crippen MR) is 99.7 cm³/mol. The minimum atomic E-state index is -3.75. The van der Waals surface area contributed by atoms with Gasteiger partial charge in [-0.1, -0.05) is 23.7 Å². The van der Waals surface area contributed by atoms with E-state index >= 15 is 0 Å². The average molecular weight is 400 g/mol. The molecule has 0 unspecified atom stereocenters. The number of carbonyl (C=O) groups excluding carboxylic acids is 1. The Bertz CT molecular complexity index is 865. The molecule has 25 heavy (non-hydrogen) atoms. The van der Waals surface area contributed by atoms with Crippen LogP contribution in [0.25, 0.3) is 0 Å². The van der Waals surface area contributed by atoms with Gasteiger partial charge in [0, 0.05) is 19.0 Å². The van der Waals surface area contributed by atoms with E-state index in [1.807, 2.05) is 30.5 Å². The first-order valence-electron chi connectivity index (χ1n) is 7.28. The van der Waals surface area contributed by atoms with Gasteiger partial charge in [0.05, 0.1) is 10.6 Å². The van der Waals surface area contributed by atoms with Crippen LogP contribution in [0.15, 0.2) is 52.3 Å². The molecule has 0 aliphatic carbocycles. The highest BCUT2D eigenvalue weighted by molar-refractivity contribution is 7.98. The Labute approximate surface area is 157 Å². The van der Waals surface area contributed by atoms with E-state index in [1.165, 1.54) is 32.3 Å². The first kappa shape index (κ1) is 19.8. The van der Waals surface area contributed by atoms with Gasteiger partial charge >= 0.3 is 5.97 Å². The summed E-state index contributed by atoms with van der Waals surface area (Å²) in [6.45, 7) is 0.103. The summed E-state index contributed by atoms with van der Waals surface area (Å²) in [6.07, 6.45) is 1.98. The van der Waals surface area contributed by atoms with Crippen molar-refractivity contribution in [3.63, 3.8) is 0 Å². The van der Waals surface area contributed by atoms with Crippen LogP contribution < -0.4 is 0 Å². The molecule has 2 aromatic carbocycles. The van der Waals surface area contributed by atoms with E-state index < -0.39 is 16.0 Å². The number of benzene rings is 2. The molecule has 0 aliphatic rings. The molecule has 0 aromatic heterocycles. The molecular weight excluding hydrogens is 382 g/mol. The Hall–Kier alpha value is -1.54. The van der Waals surface area contributed by atoms with E-state index in [9.17, 15) is 13.2 Å². The smallest absolute Gasteiger partial charge is 0.338 e. The van der Waals surface area contributed by atoms with Crippen molar-refractivity contribution in [2.75, 3.05) is 20.4 Å². The fourth-order valence-electron chi connectivity index (χ4n) is 1.98. The Kier molecular flexibility index (Phi) is 6.51. The number of nitrogens with zero attached hydrogens (tertiary/aromatic N) is 1. The Balaban J connectivity index is 2.16. The second-order valence-corrected chi connectivity index (χ2v) is 8.76. The minimum absolute atomic E-state index is 0.0536. The van der Waals surface area contributed by atoms with E-state index in [0.717, 1.165) is 14.8 Å². The molecule has 0 bridgehead atoms. The maximum Gasteiger partial charge on any atom is 0.338 e. The van der Waals surface area contributed by atoms with Gasteiger partial charge in [0.15, 0.2) is 0 Å². The van der Waals surface area contributed by atoms with Crippen LogP contribution in [0, 0.1) is 0 Å². The summed E-state index contributed by atoms with van der Waals surface area (Å²) >= 11 is 7.60. The lowest BCUT2D eigenvalue weighted by molar-refractivity contribution is 0.0472. The van der Waals surface area contributed by atoms with Crippen LogP contribution in [-0.4, -0.2) is 39.0 Å². The number of sulfonamides is 1. The standard InChI is InChI=1S/C17H18ClNO4S2/c1-19(2)25(21,22)16-10-13(6-9-15(16)18)17(20)23-11-12-4-7-14(24-3)8-5-12/h4-10H,11H2,1-3H3. The van der Waals surface area contributed by atoms with Gasteiger partial charge in [-0.2, -0.15) is 0 Å². The third kappa shape index (κ3) is 4.76. The van der Waals surface area contributed by atoms with Crippen LogP contribution >= 0.6 is 23.4 Å². The largest absolute Gasteiger partial charge is 0.457 e. The Morgan fingerprint density at radius 1 is 1.16 bits per heavy atom. The van der Waals surface area contributed by atoms with Gasteiger partial charge in [0.1, 0.15) is 11.5 Å². The second-order valence-electron chi connectivity index (χ2n) is 5.36. The number of hydrogen-bond donors (Lipinski definition) is 0. The molecule has 5 nitrogen and oxygen atoms in total. The molecule has 0 saturated heterocycles. The Morgan fingerprint density at radius 3 is 2.36 bits per heavy atom. The quantitative estimate of drug-likeness (QED) is 0.547.